The fourth-order valence-electron chi connectivity index (χ4n) is 5.20. The summed E-state index contributed by atoms with van der Waals surface area (Å²) in [6.45, 7) is 18.6. The van der Waals surface area contributed by atoms with Crippen molar-refractivity contribution >= 4 is 30.4 Å². The molecular formula is C35H42F6O3Si3. The second-order valence-electron chi connectivity index (χ2n) is 13.7. The Morgan fingerprint density at radius 1 is 0.511 bits per heavy atom. The van der Waals surface area contributed by atoms with E-state index in [4.69, 9.17) is 8.23 Å². The summed E-state index contributed by atoms with van der Waals surface area (Å²) in [4.78, 5) is 0. The van der Waals surface area contributed by atoms with Gasteiger partial charge in [-0.3, -0.25) is 0 Å². The molecule has 0 aliphatic rings. The van der Waals surface area contributed by atoms with E-state index in [-0.39, 0.29) is 5.75 Å². The highest BCUT2D eigenvalue weighted by atomic mass is 28.5. The summed E-state index contributed by atoms with van der Waals surface area (Å²) in [5, 5.41) is 10.4. The second kappa shape index (κ2) is 14.1. The van der Waals surface area contributed by atoms with E-state index in [1.165, 1.54) is 24.3 Å². The van der Waals surface area contributed by atoms with E-state index >= 15 is 0 Å². The molecule has 1 N–H and O–H groups in total. The number of aromatic hydroxyl groups is 1. The zero-order chi connectivity index (χ0) is 35.6. The van der Waals surface area contributed by atoms with E-state index in [9.17, 15) is 31.4 Å². The van der Waals surface area contributed by atoms with Crippen LogP contribution in [0.1, 0.15) is 22.3 Å². The van der Waals surface area contributed by atoms with Crippen LogP contribution in [0.4, 0.5) is 26.3 Å². The van der Waals surface area contributed by atoms with Crippen LogP contribution in [0, 0.1) is 13.8 Å². The van der Waals surface area contributed by atoms with Gasteiger partial charge in [-0.1, -0.05) is 54.1 Å². The molecule has 0 aromatic heterocycles. The number of rotatable bonds is 7. The summed E-state index contributed by atoms with van der Waals surface area (Å²) in [5.41, 5.74) is 2.73. The third-order valence-corrected chi connectivity index (χ3v) is 16.1. The molecular weight excluding hydrogens is 667 g/mol. The smallest absolute Gasteiger partial charge is 0.416 e. The molecule has 0 unspecified atom stereocenters. The Bertz CT molecular complexity index is 1650. The normalized spacial score (nSPS) is 12.8. The van der Waals surface area contributed by atoms with Crippen molar-refractivity contribution in [3.05, 3.63) is 107 Å². The summed E-state index contributed by atoms with van der Waals surface area (Å²) >= 11 is 0. The summed E-state index contributed by atoms with van der Waals surface area (Å²) in [5.74, 6) is 0.0439. The van der Waals surface area contributed by atoms with E-state index in [0.29, 0.717) is 16.7 Å². The number of halogens is 6. The zero-order valence-electron chi connectivity index (χ0n) is 28.1. The molecule has 3 nitrogen and oxygen atoms in total. The molecule has 0 atom stereocenters. The molecule has 0 aliphatic carbocycles. The van der Waals surface area contributed by atoms with Crippen molar-refractivity contribution in [2.24, 2.45) is 0 Å². The minimum Gasteiger partial charge on any atom is -0.508 e. The molecule has 0 bridgehead atoms. The SMILES string of the molecule is Cc1cc(-c2cccc(C(F)(F)F)c2)cc([Si](C)(O[Si](C)(C)C)O[Si](C)(C)C)c1.Cc1cc(O)cc(-c2cccc(C(F)(F)F)c2)c1. The lowest BCUT2D eigenvalue weighted by molar-refractivity contribution is -0.138. The Kier molecular flexibility index (Phi) is 11.5. The van der Waals surface area contributed by atoms with Crippen molar-refractivity contribution in [2.45, 2.75) is 72.0 Å². The number of phenolic OH excluding ortho intramolecular Hbond substituents is 1. The van der Waals surface area contributed by atoms with Gasteiger partial charge in [0.25, 0.3) is 0 Å². The molecule has 0 spiro atoms. The van der Waals surface area contributed by atoms with E-state index in [1.54, 1.807) is 31.2 Å². The molecule has 47 heavy (non-hydrogen) atoms. The van der Waals surface area contributed by atoms with E-state index < -0.39 is 48.7 Å². The average molecular weight is 709 g/mol. The van der Waals surface area contributed by atoms with Gasteiger partial charge in [0.2, 0.25) is 0 Å². The number of benzene rings is 4. The number of alkyl halides is 6. The van der Waals surface area contributed by atoms with E-state index in [0.717, 1.165) is 40.1 Å². The van der Waals surface area contributed by atoms with E-state index in [2.05, 4.69) is 51.9 Å². The molecule has 0 fully saturated rings. The minimum atomic E-state index is -4.37. The van der Waals surface area contributed by atoms with Crippen molar-refractivity contribution in [2.75, 3.05) is 0 Å². The maximum absolute atomic E-state index is 13.2. The van der Waals surface area contributed by atoms with Crippen LogP contribution >= 0.6 is 0 Å². The molecule has 0 saturated carbocycles. The number of hydrogen-bond donors (Lipinski definition) is 1. The van der Waals surface area contributed by atoms with Gasteiger partial charge in [-0.2, -0.15) is 26.3 Å². The Morgan fingerprint density at radius 3 is 1.30 bits per heavy atom. The van der Waals surface area contributed by atoms with Crippen LogP contribution in [-0.2, 0) is 20.6 Å². The third-order valence-electron chi connectivity index (χ3n) is 6.71. The monoisotopic (exact) mass is 708 g/mol. The molecule has 0 amide bonds. The van der Waals surface area contributed by atoms with Crippen molar-refractivity contribution in [1.29, 1.82) is 0 Å². The summed E-state index contributed by atoms with van der Waals surface area (Å²) in [6.07, 6.45) is -8.73. The molecule has 0 saturated heterocycles. The molecule has 0 aliphatic heterocycles. The lowest BCUT2D eigenvalue weighted by Crippen LogP contribution is -2.60. The second-order valence-corrected chi connectivity index (χ2v) is 26.2. The number of aryl methyl sites for hydroxylation is 2. The Balaban J connectivity index is 0.000000284. The molecule has 12 heteroatoms. The Labute approximate surface area is 276 Å². The van der Waals surface area contributed by atoms with Crippen LogP contribution in [0.15, 0.2) is 84.9 Å². The highest BCUT2D eigenvalue weighted by Gasteiger charge is 2.42. The van der Waals surface area contributed by atoms with Gasteiger partial charge in [0, 0.05) is 0 Å². The van der Waals surface area contributed by atoms with Gasteiger partial charge in [-0.25, -0.2) is 0 Å². The van der Waals surface area contributed by atoms with Crippen LogP contribution in [0.3, 0.4) is 0 Å². The first-order valence-electron chi connectivity index (χ1n) is 15.0. The van der Waals surface area contributed by atoms with Gasteiger partial charge < -0.3 is 13.3 Å². The highest BCUT2D eigenvalue weighted by Crippen LogP contribution is 2.34. The predicted molar refractivity (Wildman–Crippen MR) is 185 cm³/mol. The highest BCUT2D eigenvalue weighted by molar-refractivity contribution is 6.94. The van der Waals surface area contributed by atoms with Crippen molar-refractivity contribution in [3.63, 3.8) is 0 Å². The fraction of sp³-hybridized carbons (Fsp3) is 0.314. The van der Waals surface area contributed by atoms with Gasteiger partial charge in [0.15, 0.2) is 16.6 Å². The zero-order valence-corrected chi connectivity index (χ0v) is 31.1. The van der Waals surface area contributed by atoms with Gasteiger partial charge in [-0.05, 0) is 129 Å². The van der Waals surface area contributed by atoms with Gasteiger partial charge >= 0.3 is 20.9 Å². The van der Waals surface area contributed by atoms with Crippen LogP contribution < -0.4 is 5.19 Å². The standard InChI is InChI=1S/C21H31F3O2Si3.C14H11F3O/c1-16-12-18(17-10-9-11-19(14-17)21(22,23)24)15-20(13-16)29(8,25-27(2,3)4)26-28(5,6)7;1-9-5-11(8-13(18)6-9)10-3-2-4-12(7-10)14(15,16)17/h9-15H,1-8H3;2-8,18H,1H3. The first-order chi connectivity index (χ1) is 21.3. The number of phenols is 1. The lowest BCUT2D eigenvalue weighted by atomic mass is 10.0. The van der Waals surface area contributed by atoms with Crippen LogP contribution in [0.2, 0.25) is 45.8 Å². The minimum absolute atomic E-state index is 0.0439. The summed E-state index contributed by atoms with van der Waals surface area (Å²) < 4.78 is 90.6. The fourth-order valence-corrected chi connectivity index (χ4v) is 16.9. The van der Waals surface area contributed by atoms with Crippen LogP contribution in [-0.4, -0.2) is 30.3 Å². The molecule has 4 aromatic carbocycles. The quantitative estimate of drug-likeness (QED) is 0.153. The lowest BCUT2D eigenvalue weighted by Gasteiger charge is -2.39. The maximum Gasteiger partial charge on any atom is 0.416 e. The largest absolute Gasteiger partial charge is 0.508 e. The molecule has 4 rings (SSSR count). The first kappa shape index (κ1) is 38.3. The Morgan fingerprint density at radius 2 is 0.915 bits per heavy atom. The molecule has 0 radical (unpaired) electrons. The predicted octanol–water partition coefficient (Wildman–Crippen LogP) is 11.0. The topological polar surface area (TPSA) is 38.7 Å². The van der Waals surface area contributed by atoms with Gasteiger partial charge in [-0.15, -0.1) is 0 Å². The Hall–Kier alpha value is -3.17. The van der Waals surface area contributed by atoms with Crippen LogP contribution in [0.25, 0.3) is 22.3 Å². The molecule has 254 valence electrons. The third kappa shape index (κ3) is 11.5. The van der Waals surface area contributed by atoms with Gasteiger partial charge in [0.05, 0.1) is 11.1 Å². The number of hydrogen-bond acceptors (Lipinski definition) is 3. The average Bonchev–Trinajstić information content (AvgIpc) is 2.90. The van der Waals surface area contributed by atoms with Crippen molar-refractivity contribution < 1.29 is 39.7 Å². The molecule has 0 heterocycles. The van der Waals surface area contributed by atoms with Gasteiger partial charge in [0.1, 0.15) is 5.75 Å². The summed E-state index contributed by atoms with van der Waals surface area (Å²) in [6, 6.07) is 21.2. The van der Waals surface area contributed by atoms with E-state index in [1.807, 2.05) is 19.1 Å². The molecule has 4 aromatic rings. The maximum atomic E-state index is 13.2. The van der Waals surface area contributed by atoms with Crippen molar-refractivity contribution in [3.8, 4) is 28.0 Å². The first-order valence-corrected chi connectivity index (χ1v) is 24.2. The van der Waals surface area contributed by atoms with Crippen LogP contribution in [0.5, 0.6) is 5.75 Å². The summed E-state index contributed by atoms with van der Waals surface area (Å²) in [7, 11) is -6.57. The van der Waals surface area contributed by atoms with Crippen molar-refractivity contribution in [1.82, 2.24) is 0 Å².